The van der Waals surface area contributed by atoms with Crippen LogP contribution in [0.1, 0.15) is 24.8 Å². The zero-order valence-electron chi connectivity index (χ0n) is 11.8. The Labute approximate surface area is 130 Å². The molecule has 2 unspecified atom stereocenters. The molecule has 1 saturated heterocycles. The number of hydrogen-bond donors (Lipinski definition) is 1. The van der Waals surface area contributed by atoms with Gasteiger partial charge in [-0.25, -0.2) is 13.1 Å². The highest BCUT2D eigenvalue weighted by Crippen LogP contribution is 2.28. The van der Waals surface area contributed by atoms with E-state index in [1.807, 2.05) is 24.3 Å². The van der Waals surface area contributed by atoms with Crippen LogP contribution in [-0.4, -0.2) is 32.9 Å². The van der Waals surface area contributed by atoms with Crippen LogP contribution in [-0.2, 0) is 21.2 Å². The van der Waals surface area contributed by atoms with E-state index in [2.05, 4.69) is 4.72 Å². The maximum atomic E-state index is 12.5. The highest BCUT2D eigenvalue weighted by Gasteiger charge is 2.39. The predicted molar refractivity (Wildman–Crippen MR) is 82.9 cm³/mol. The first-order chi connectivity index (χ1) is 10.0. The first kappa shape index (κ1) is 15.3. The van der Waals surface area contributed by atoms with E-state index in [4.69, 9.17) is 16.3 Å². The van der Waals surface area contributed by atoms with Crippen molar-refractivity contribution in [1.82, 2.24) is 4.72 Å². The van der Waals surface area contributed by atoms with Crippen LogP contribution in [0.25, 0.3) is 0 Å². The van der Waals surface area contributed by atoms with E-state index >= 15 is 0 Å². The highest BCUT2D eigenvalue weighted by atomic mass is 35.5. The summed E-state index contributed by atoms with van der Waals surface area (Å²) < 4.78 is 33.3. The van der Waals surface area contributed by atoms with Gasteiger partial charge in [0.25, 0.3) is 0 Å². The smallest absolute Gasteiger partial charge is 0.215 e. The number of rotatable bonds is 5. The molecule has 0 aromatic heterocycles. The molecule has 0 bridgehead atoms. The lowest BCUT2D eigenvalue weighted by atomic mass is 9.94. The largest absolute Gasteiger partial charge is 0.381 e. The summed E-state index contributed by atoms with van der Waals surface area (Å²) in [6.45, 7) is 1.01. The Morgan fingerprint density at radius 1 is 1.29 bits per heavy atom. The van der Waals surface area contributed by atoms with Gasteiger partial charge in [-0.15, -0.1) is 0 Å². The Morgan fingerprint density at radius 3 is 2.81 bits per heavy atom. The molecule has 2 atom stereocenters. The van der Waals surface area contributed by atoms with Crippen molar-refractivity contribution in [3.63, 3.8) is 0 Å². The third kappa shape index (κ3) is 3.97. The van der Waals surface area contributed by atoms with Gasteiger partial charge in [-0.3, -0.25) is 0 Å². The fourth-order valence-electron chi connectivity index (χ4n) is 2.86. The molecule has 4 nitrogen and oxygen atoms in total. The summed E-state index contributed by atoms with van der Waals surface area (Å²) in [5.41, 5.74) is 1.06. The zero-order chi connectivity index (χ0) is 14.9. The highest BCUT2D eigenvalue weighted by molar-refractivity contribution is 7.90. The van der Waals surface area contributed by atoms with Crippen LogP contribution in [0.5, 0.6) is 0 Å². The molecule has 1 N–H and O–H groups in total. The molecule has 1 aliphatic heterocycles. The number of halogens is 1. The van der Waals surface area contributed by atoms with Crippen molar-refractivity contribution < 1.29 is 13.2 Å². The van der Waals surface area contributed by atoms with E-state index in [1.54, 1.807) is 0 Å². The molecule has 2 aliphatic rings. The lowest BCUT2D eigenvalue weighted by Crippen LogP contribution is -2.45. The van der Waals surface area contributed by atoms with Gasteiger partial charge in [0.1, 0.15) is 0 Å². The van der Waals surface area contributed by atoms with Gasteiger partial charge >= 0.3 is 0 Å². The average molecular weight is 330 g/mol. The standard InChI is InChI=1S/C15H20ClNO3S/c16-13-3-1-2-11(9-13)8-12-10-20-7-6-15(12)21(18,19)17-14-4-5-14/h1-3,9,12,14-15,17H,4-8,10H2. The van der Waals surface area contributed by atoms with Gasteiger partial charge in [0.15, 0.2) is 0 Å². The molecule has 0 spiro atoms. The summed E-state index contributed by atoms with van der Waals surface area (Å²) in [7, 11) is -3.26. The minimum absolute atomic E-state index is 0.0199. The molecular formula is C15H20ClNO3S. The number of benzene rings is 1. The predicted octanol–water partition coefficient (Wildman–Crippen LogP) is 2.37. The molecule has 1 heterocycles. The summed E-state index contributed by atoms with van der Waals surface area (Å²) in [6.07, 6.45) is 3.16. The maximum absolute atomic E-state index is 12.5. The minimum atomic E-state index is -3.26. The summed E-state index contributed by atoms with van der Waals surface area (Å²) in [5, 5.41) is 0.311. The second kappa shape index (κ2) is 6.24. The molecule has 21 heavy (non-hydrogen) atoms. The van der Waals surface area contributed by atoms with Gasteiger partial charge < -0.3 is 4.74 Å². The summed E-state index contributed by atoms with van der Waals surface area (Å²) in [5.74, 6) is -0.0199. The SMILES string of the molecule is O=S(=O)(NC1CC1)C1CCOCC1Cc1cccc(Cl)c1. The normalized spacial score (nSPS) is 26.7. The quantitative estimate of drug-likeness (QED) is 0.902. The van der Waals surface area contributed by atoms with E-state index < -0.39 is 10.0 Å². The molecule has 116 valence electrons. The summed E-state index contributed by atoms with van der Waals surface area (Å²) in [6, 6.07) is 7.76. The van der Waals surface area contributed by atoms with Crippen molar-refractivity contribution in [1.29, 1.82) is 0 Å². The number of hydrogen-bond acceptors (Lipinski definition) is 3. The topological polar surface area (TPSA) is 55.4 Å². The van der Waals surface area contributed by atoms with Gasteiger partial charge in [0.05, 0.1) is 11.9 Å². The van der Waals surface area contributed by atoms with Crippen LogP contribution in [0.15, 0.2) is 24.3 Å². The van der Waals surface area contributed by atoms with E-state index in [1.165, 1.54) is 0 Å². The number of nitrogens with one attached hydrogen (secondary N) is 1. The van der Waals surface area contributed by atoms with Crippen LogP contribution in [0, 0.1) is 5.92 Å². The lowest BCUT2D eigenvalue weighted by molar-refractivity contribution is 0.0570. The third-order valence-electron chi connectivity index (χ3n) is 4.10. The molecule has 2 fully saturated rings. The molecule has 6 heteroatoms. The van der Waals surface area contributed by atoms with Crippen molar-refractivity contribution >= 4 is 21.6 Å². The van der Waals surface area contributed by atoms with Crippen LogP contribution in [0.4, 0.5) is 0 Å². The molecule has 1 aromatic carbocycles. The van der Waals surface area contributed by atoms with Gasteiger partial charge in [-0.05, 0) is 43.4 Å². The molecule has 3 rings (SSSR count). The van der Waals surface area contributed by atoms with Crippen LogP contribution >= 0.6 is 11.6 Å². The Balaban J connectivity index is 1.74. The Kier molecular flexibility index (Phi) is 4.54. The fraction of sp³-hybridized carbons (Fsp3) is 0.600. The molecular weight excluding hydrogens is 310 g/mol. The zero-order valence-corrected chi connectivity index (χ0v) is 13.4. The first-order valence-corrected chi connectivity index (χ1v) is 9.30. The number of sulfonamides is 1. The van der Waals surface area contributed by atoms with Crippen LogP contribution < -0.4 is 4.72 Å². The van der Waals surface area contributed by atoms with Gasteiger partial charge in [0.2, 0.25) is 10.0 Å². The average Bonchev–Trinajstić information content (AvgIpc) is 3.22. The second-order valence-corrected chi connectivity index (χ2v) is 8.30. The van der Waals surface area contributed by atoms with Crippen molar-refractivity contribution in [2.75, 3.05) is 13.2 Å². The molecule has 1 saturated carbocycles. The van der Waals surface area contributed by atoms with Crippen molar-refractivity contribution in [2.24, 2.45) is 5.92 Å². The van der Waals surface area contributed by atoms with Gasteiger partial charge in [-0.2, -0.15) is 0 Å². The van der Waals surface area contributed by atoms with Crippen molar-refractivity contribution in [3.8, 4) is 0 Å². The second-order valence-electron chi connectivity index (χ2n) is 5.93. The Bertz CT molecular complexity index is 601. The molecule has 1 aromatic rings. The summed E-state index contributed by atoms with van der Waals surface area (Å²) >= 11 is 6.00. The third-order valence-corrected chi connectivity index (χ3v) is 6.41. The van der Waals surface area contributed by atoms with E-state index in [-0.39, 0.29) is 17.2 Å². The van der Waals surface area contributed by atoms with E-state index in [9.17, 15) is 8.42 Å². The van der Waals surface area contributed by atoms with Crippen molar-refractivity contribution in [2.45, 2.75) is 37.0 Å². The number of ether oxygens (including phenoxy) is 1. The van der Waals surface area contributed by atoms with Crippen LogP contribution in [0.3, 0.4) is 0 Å². The maximum Gasteiger partial charge on any atom is 0.215 e. The van der Waals surface area contributed by atoms with E-state index in [0.717, 1.165) is 18.4 Å². The van der Waals surface area contributed by atoms with Gasteiger partial charge in [-0.1, -0.05) is 23.7 Å². The Morgan fingerprint density at radius 2 is 2.10 bits per heavy atom. The summed E-state index contributed by atoms with van der Waals surface area (Å²) in [4.78, 5) is 0. The van der Waals surface area contributed by atoms with Crippen molar-refractivity contribution in [3.05, 3.63) is 34.9 Å². The molecule has 1 aliphatic carbocycles. The fourth-order valence-corrected chi connectivity index (χ4v) is 5.04. The monoisotopic (exact) mass is 329 g/mol. The lowest BCUT2D eigenvalue weighted by Gasteiger charge is -2.31. The molecule has 0 amide bonds. The Hall–Kier alpha value is -0.620. The minimum Gasteiger partial charge on any atom is -0.381 e. The van der Waals surface area contributed by atoms with E-state index in [0.29, 0.717) is 31.1 Å². The van der Waals surface area contributed by atoms with Crippen LogP contribution in [0.2, 0.25) is 5.02 Å². The molecule has 0 radical (unpaired) electrons. The first-order valence-electron chi connectivity index (χ1n) is 7.38. The van der Waals surface area contributed by atoms with Gasteiger partial charge in [0, 0.05) is 23.6 Å².